The molecule has 5 rings (SSSR count). The molecule has 4 saturated carbocycles. The van der Waals surface area contributed by atoms with E-state index in [1.807, 2.05) is 6.07 Å². The molecule has 0 unspecified atom stereocenters. The highest BCUT2D eigenvalue weighted by molar-refractivity contribution is 5.30. The summed E-state index contributed by atoms with van der Waals surface area (Å²) in [5.41, 5.74) is -1.34. The van der Waals surface area contributed by atoms with Crippen molar-refractivity contribution in [2.24, 2.45) is 28.6 Å². The molecule has 0 radical (unpaired) electrons. The molecule has 0 saturated heterocycles. The molecule has 0 aliphatic heterocycles. The van der Waals surface area contributed by atoms with Crippen LogP contribution in [0.4, 0.5) is 0 Å². The second-order valence-corrected chi connectivity index (χ2v) is 10.6. The fourth-order valence-electron chi connectivity index (χ4n) is 8.18. The van der Waals surface area contributed by atoms with Gasteiger partial charge in [-0.25, -0.2) is 0 Å². The van der Waals surface area contributed by atoms with Crippen molar-refractivity contribution in [2.75, 3.05) is 0 Å². The van der Waals surface area contributed by atoms with E-state index >= 15 is 0 Å². The molecule has 0 spiro atoms. The van der Waals surface area contributed by atoms with Gasteiger partial charge in [0.2, 0.25) is 0 Å². The Labute approximate surface area is 162 Å². The van der Waals surface area contributed by atoms with Gasteiger partial charge in [-0.3, -0.25) is 0 Å². The zero-order chi connectivity index (χ0) is 19.1. The highest BCUT2D eigenvalue weighted by Crippen LogP contribution is 2.71. The van der Waals surface area contributed by atoms with Crippen molar-refractivity contribution in [3.8, 4) is 0 Å². The molecule has 8 atom stereocenters. The first-order chi connectivity index (χ1) is 12.7. The maximum Gasteiger partial charge on any atom is 0.101 e. The summed E-state index contributed by atoms with van der Waals surface area (Å²) in [6.45, 7) is 4.53. The molecule has 150 valence electrons. The van der Waals surface area contributed by atoms with Crippen LogP contribution in [0.3, 0.4) is 0 Å². The zero-order valence-corrected chi connectivity index (χ0v) is 16.7. The lowest BCUT2D eigenvalue weighted by molar-refractivity contribution is -0.238. The van der Waals surface area contributed by atoms with Crippen molar-refractivity contribution >= 4 is 0 Å². The standard InChI is InChI=1S/C23H34O4/c1-20-8-5-17(24)13-15(20)3-4-19-18(20)6-9-21(2)22(25,10-11-23(19,21)26)16-7-12-27-14-16/h7,12,14-15,17-19,24-26H,3-6,8-11,13H2,1-2H3/t15-,17-,18+,19-,20-,21-,22+,23-/m0/s1. The third kappa shape index (κ3) is 2.10. The topological polar surface area (TPSA) is 73.8 Å². The molecule has 3 N–H and O–H groups in total. The average molecular weight is 375 g/mol. The first-order valence-electron chi connectivity index (χ1n) is 10.9. The highest BCUT2D eigenvalue weighted by Gasteiger charge is 2.72. The molecule has 4 nitrogen and oxygen atoms in total. The molecule has 0 aromatic carbocycles. The number of hydrogen-bond donors (Lipinski definition) is 3. The minimum atomic E-state index is -1.01. The molecule has 1 heterocycles. The number of aliphatic hydroxyl groups is 3. The van der Waals surface area contributed by atoms with Crippen LogP contribution in [0.25, 0.3) is 0 Å². The van der Waals surface area contributed by atoms with Gasteiger partial charge in [-0.1, -0.05) is 13.8 Å². The number of rotatable bonds is 1. The van der Waals surface area contributed by atoms with Crippen LogP contribution in [0, 0.1) is 28.6 Å². The average Bonchev–Trinajstić information content (AvgIpc) is 3.24. The van der Waals surface area contributed by atoms with Crippen molar-refractivity contribution in [1.82, 2.24) is 0 Å². The molecule has 0 bridgehead atoms. The van der Waals surface area contributed by atoms with E-state index in [2.05, 4.69) is 13.8 Å². The van der Waals surface area contributed by atoms with E-state index in [0.29, 0.717) is 24.7 Å². The first-order valence-corrected chi connectivity index (χ1v) is 10.9. The molecule has 0 amide bonds. The fraction of sp³-hybridized carbons (Fsp3) is 0.826. The lowest BCUT2D eigenvalue weighted by Gasteiger charge is -2.64. The lowest BCUT2D eigenvalue weighted by atomic mass is 9.43. The van der Waals surface area contributed by atoms with Gasteiger partial charge in [-0.2, -0.15) is 0 Å². The summed E-state index contributed by atoms with van der Waals surface area (Å²) in [5.74, 6) is 1.31. The predicted molar refractivity (Wildman–Crippen MR) is 102 cm³/mol. The Morgan fingerprint density at radius 1 is 0.963 bits per heavy atom. The van der Waals surface area contributed by atoms with Crippen LogP contribution in [0.1, 0.15) is 77.2 Å². The number of aliphatic hydroxyl groups excluding tert-OH is 1. The number of furan rings is 1. The lowest BCUT2D eigenvalue weighted by Crippen LogP contribution is -2.64. The van der Waals surface area contributed by atoms with Crippen LogP contribution < -0.4 is 0 Å². The van der Waals surface area contributed by atoms with Gasteiger partial charge >= 0.3 is 0 Å². The number of fused-ring (bicyclic) bond motifs is 5. The summed E-state index contributed by atoms with van der Waals surface area (Å²) in [5, 5.41) is 34.0. The minimum Gasteiger partial charge on any atom is -0.472 e. The zero-order valence-electron chi connectivity index (χ0n) is 16.7. The van der Waals surface area contributed by atoms with E-state index in [1.165, 1.54) is 0 Å². The largest absolute Gasteiger partial charge is 0.472 e. The van der Waals surface area contributed by atoms with E-state index in [9.17, 15) is 15.3 Å². The molecular weight excluding hydrogens is 340 g/mol. The minimum absolute atomic E-state index is 0.144. The second kappa shape index (κ2) is 5.61. The summed E-state index contributed by atoms with van der Waals surface area (Å²) >= 11 is 0. The molecule has 4 aliphatic carbocycles. The second-order valence-electron chi connectivity index (χ2n) is 10.6. The van der Waals surface area contributed by atoms with Crippen molar-refractivity contribution < 1.29 is 19.7 Å². The van der Waals surface area contributed by atoms with Crippen LogP contribution in [0.2, 0.25) is 0 Å². The Morgan fingerprint density at radius 2 is 1.78 bits per heavy atom. The molecule has 27 heavy (non-hydrogen) atoms. The van der Waals surface area contributed by atoms with Gasteiger partial charge in [0.25, 0.3) is 0 Å². The van der Waals surface area contributed by atoms with Crippen molar-refractivity contribution in [3.05, 3.63) is 24.2 Å². The Balaban J connectivity index is 1.52. The van der Waals surface area contributed by atoms with E-state index < -0.39 is 16.6 Å². The van der Waals surface area contributed by atoms with Crippen molar-refractivity contribution in [1.29, 1.82) is 0 Å². The molecule has 1 aromatic rings. The van der Waals surface area contributed by atoms with Crippen LogP contribution in [0.5, 0.6) is 0 Å². The Hall–Kier alpha value is -0.840. The number of hydrogen-bond acceptors (Lipinski definition) is 4. The van der Waals surface area contributed by atoms with Crippen LogP contribution >= 0.6 is 0 Å². The molecule has 1 aromatic heterocycles. The van der Waals surface area contributed by atoms with E-state index in [-0.39, 0.29) is 17.4 Å². The molecule has 4 fully saturated rings. The Bertz CT molecular complexity index is 716. The van der Waals surface area contributed by atoms with Crippen LogP contribution in [0.15, 0.2) is 23.0 Å². The summed E-state index contributed by atoms with van der Waals surface area (Å²) in [7, 11) is 0. The smallest absolute Gasteiger partial charge is 0.101 e. The Morgan fingerprint density at radius 3 is 2.52 bits per heavy atom. The van der Waals surface area contributed by atoms with Crippen molar-refractivity contribution in [2.45, 2.75) is 88.9 Å². The summed E-state index contributed by atoms with van der Waals surface area (Å²) < 4.78 is 5.29. The van der Waals surface area contributed by atoms with E-state index in [0.717, 1.165) is 50.5 Å². The van der Waals surface area contributed by atoms with Crippen molar-refractivity contribution in [3.63, 3.8) is 0 Å². The summed E-state index contributed by atoms with van der Waals surface area (Å²) in [4.78, 5) is 0. The van der Waals surface area contributed by atoms with Crippen LogP contribution in [-0.4, -0.2) is 27.0 Å². The normalized spacial score (nSPS) is 54.9. The van der Waals surface area contributed by atoms with Gasteiger partial charge in [0, 0.05) is 11.0 Å². The summed E-state index contributed by atoms with van der Waals surface area (Å²) in [6, 6.07) is 1.86. The first kappa shape index (κ1) is 18.2. The van der Waals surface area contributed by atoms with E-state index in [1.54, 1.807) is 12.5 Å². The SMILES string of the molecule is C[C@]12CC[C@H](O)C[C@@H]1CC[C@H]1[C@H]2CC[C@@]2(C)[C@](O)(c3ccoc3)CC[C@]12O. The summed E-state index contributed by atoms with van der Waals surface area (Å²) in [6.07, 6.45) is 11.3. The predicted octanol–water partition coefficient (Wildman–Crippen LogP) is 3.99. The van der Waals surface area contributed by atoms with E-state index in [4.69, 9.17) is 4.42 Å². The third-order valence-electron chi connectivity index (χ3n) is 9.97. The van der Waals surface area contributed by atoms with Gasteiger partial charge in [0.1, 0.15) is 5.60 Å². The van der Waals surface area contributed by atoms with Gasteiger partial charge < -0.3 is 19.7 Å². The van der Waals surface area contributed by atoms with Crippen LogP contribution in [-0.2, 0) is 5.60 Å². The fourth-order valence-corrected chi connectivity index (χ4v) is 8.18. The molecule has 4 heteroatoms. The highest BCUT2D eigenvalue weighted by atomic mass is 16.3. The maximum atomic E-state index is 12.1. The van der Waals surface area contributed by atoms with Gasteiger partial charge in [0.05, 0.1) is 24.2 Å². The molecular formula is C23H34O4. The van der Waals surface area contributed by atoms with Gasteiger partial charge in [-0.15, -0.1) is 0 Å². The molecule has 4 aliphatic rings. The Kier molecular flexibility index (Phi) is 3.78. The van der Waals surface area contributed by atoms with Gasteiger partial charge in [0.15, 0.2) is 0 Å². The quantitative estimate of drug-likeness (QED) is 0.695. The third-order valence-corrected chi connectivity index (χ3v) is 9.97. The maximum absolute atomic E-state index is 12.1. The van der Waals surface area contributed by atoms with Gasteiger partial charge in [-0.05, 0) is 87.0 Å². The monoisotopic (exact) mass is 374 g/mol.